The molecule has 0 aliphatic rings. The predicted octanol–water partition coefficient (Wildman–Crippen LogP) is 2.67. The minimum absolute atomic E-state index is 0.310. The van der Waals surface area contributed by atoms with Crippen molar-refractivity contribution in [3.63, 3.8) is 0 Å². The summed E-state index contributed by atoms with van der Waals surface area (Å²) in [7, 11) is 2.90. The van der Waals surface area contributed by atoms with Crippen LogP contribution in [0, 0.1) is 11.3 Å². The molecular formula is C14H17NO3. The summed E-state index contributed by atoms with van der Waals surface area (Å²) in [6, 6.07) is 7.29. The van der Waals surface area contributed by atoms with Gasteiger partial charge in [0.25, 0.3) is 0 Å². The molecule has 0 aliphatic carbocycles. The molecule has 0 fully saturated rings. The maximum atomic E-state index is 11.7. The lowest BCUT2D eigenvalue weighted by Gasteiger charge is -2.24. The number of rotatable bonds is 4. The number of ether oxygens (including phenoxy) is 2. The molecule has 0 unspecified atom stereocenters. The summed E-state index contributed by atoms with van der Waals surface area (Å²) in [5.41, 5.74) is 0.793. The van der Waals surface area contributed by atoms with E-state index in [9.17, 15) is 4.79 Å². The maximum Gasteiger partial charge on any atom is 0.338 e. The zero-order chi connectivity index (χ0) is 13.8. The van der Waals surface area contributed by atoms with E-state index in [-0.39, 0.29) is 0 Å². The maximum absolute atomic E-state index is 11.7. The Hall–Kier alpha value is -2.02. The van der Waals surface area contributed by atoms with Crippen molar-refractivity contribution in [2.75, 3.05) is 14.2 Å². The van der Waals surface area contributed by atoms with Gasteiger partial charge in [-0.2, -0.15) is 5.26 Å². The Morgan fingerprint density at radius 3 is 2.56 bits per heavy atom. The van der Waals surface area contributed by atoms with E-state index in [1.54, 1.807) is 25.3 Å². The molecule has 0 aliphatic heterocycles. The average molecular weight is 247 g/mol. The summed E-state index contributed by atoms with van der Waals surface area (Å²) < 4.78 is 9.92. The molecular weight excluding hydrogens is 230 g/mol. The Labute approximate surface area is 107 Å². The van der Waals surface area contributed by atoms with Gasteiger partial charge in [0.1, 0.15) is 5.75 Å². The first kappa shape index (κ1) is 14.0. The number of esters is 1. The summed E-state index contributed by atoms with van der Waals surface area (Å²) in [6.07, 6.45) is 0.310. The minimum atomic E-state index is -0.438. The fourth-order valence-corrected chi connectivity index (χ4v) is 1.79. The third-order valence-electron chi connectivity index (χ3n) is 2.88. The molecule has 4 nitrogen and oxygen atoms in total. The Kier molecular flexibility index (Phi) is 4.33. The number of nitrogens with zero attached hydrogens (tertiary/aromatic N) is 1. The Morgan fingerprint density at radius 1 is 1.39 bits per heavy atom. The lowest BCUT2D eigenvalue weighted by molar-refractivity contribution is 0.0597. The molecule has 1 aromatic carbocycles. The fraction of sp³-hybridized carbons (Fsp3) is 0.429. The van der Waals surface area contributed by atoms with Gasteiger partial charge in [-0.3, -0.25) is 0 Å². The molecule has 96 valence electrons. The molecule has 0 radical (unpaired) electrons. The van der Waals surface area contributed by atoms with E-state index in [4.69, 9.17) is 14.7 Å². The topological polar surface area (TPSA) is 59.3 Å². The van der Waals surface area contributed by atoms with Crippen LogP contribution in [0.25, 0.3) is 0 Å². The van der Waals surface area contributed by atoms with Gasteiger partial charge in [0.2, 0.25) is 0 Å². The van der Waals surface area contributed by atoms with Gasteiger partial charge in [-0.15, -0.1) is 0 Å². The molecule has 0 N–H and O–H groups in total. The highest BCUT2D eigenvalue weighted by Crippen LogP contribution is 2.32. The number of benzene rings is 1. The van der Waals surface area contributed by atoms with Crippen LogP contribution in [0.15, 0.2) is 18.2 Å². The first-order valence-corrected chi connectivity index (χ1v) is 5.60. The zero-order valence-electron chi connectivity index (χ0n) is 11.1. The van der Waals surface area contributed by atoms with Gasteiger partial charge in [0.05, 0.1) is 25.9 Å². The molecule has 0 atom stereocenters. The number of hydrogen-bond donors (Lipinski definition) is 0. The lowest BCUT2D eigenvalue weighted by Crippen LogP contribution is -2.21. The molecule has 0 amide bonds. The molecule has 1 aromatic rings. The van der Waals surface area contributed by atoms with E-state index < -0.39 is 11.4 Å². The van der Waals surface area contributed by atoms with Gasteiger partial charge in [0, 0.05) is 11.8 Å². The molecule has 1 rings (SSSR count). The van der Waals surface area contributed by atoms with E-state index >= 15 is 0 Å². The van der Waals surface area contributed by atoms with Crippen molar-refractivity contribution in [2.24, 2.45) is 0 Å². The molecule has 4 heteroatoms. The minimum Gasteiger partial charge on any atom is -0.497 e. The van der Waals surface area contributed by atoms with Crippen molar-refractivity contribution < 1.29 is 14.3 Å². The first-order chi connectivity index (χ1) is 8.46. The number of methoxy groups -OCH3 is 2. The van der Waals surface area contributed by atoms with E-state index in [0.29, 0.717) is 17.7 Å². The first-order valence-electron chi connectivity index (χ1n) is 5.60. The van der Waals surface area contributed by atoms with Crippen LogP contribution >= 0.6 is 0 Å². The average Bonchev–Trinajstić information content (AvgIpc) is 2.37. The lowest BCUT2D eigenvalue weighted by atomic mass is 9.79. The summed E-state index contributed by atoms with van der Waals surface area (Å²) in [5, 5.41) is 8.88. The van der Waals surface area contributed by atoms with Gasteiger partial charge in [-0.05, 0) is 23.8 Å². The van der Waals surface area contributed by atoms with Crippen molar-refractivity contribution >= 4 is 5.97 Å². The van der Waals surface area contributed by atoms with Gasteiger partial charge in [-0.25, -0.2) is 4.79 Å². The van der Waals surface area contributed by atoms with Crippen LogP contribution in [-0.2, 0) is 10.2 Å². The fourth-order valence-electron chi connectivity index (χ4n) is 1.79. The van der Waals surface area contributed by atoms with E-state index in [0.717, 1.165) is 5.56 Å². The summed E-state index contributed by atoms with van der Waals surface area (Å²) in [4.78, 5) is 11.7. The van der Waals surface area contributed by atoms with E-state index in [1.165, 1.54) is 7.11 Å². The predicted molar refractivity (Wildman–Crippen MR) is 67.6 cm³/mol. The van der Waals surface area contributed by atoms with Crippen molar-refractivity contribution in [3.05, 3.63) is 29.3 Å². The second-order valence-electron chi connectivity index (χ2n) is 4.62. The van der Waals surface area contributed by atoms with E-state index in [2.05, 4.69) is 6.07 Å². The molecule has 0 spiro atoms. The smallest absolute Gasteiger partial charge is 0.338 e. The molecule has 18 heavy (non-hydrogen) atoms. The monoisotopic (exact) mass is 247 g/mol. The Bertz CT molecular complexity index is 486. The van der Waals surface area contributed by atoms with Crippen LogP contribution < -0.4 is 4.74 Å². The third kappa shape index (κ3) is 2.80. The molecule has 0 heterocycles. The number of carbonyl (C=O) groups excluding carboxylic acids is 1. The van der Waals surface area contributed by atoms with Crippen LogP contribution in [0.2, 0.25) is 0 Å². The Balaban J connectivity index is 3.37. The normalized spacial score (nSPS) is 10.6. The van der Waals surface area contributed by atoms with Crippen molar-refractivity contribution in [1.29, 1.82) is 5.26 Å². The number of carbonyl (C=O) groups is 1. The van der Waals surface area contributed by atoms with Crippen molar-refractivity contribution in [3.8, 4) is 11.8 Å². The molecule has 0 aromatic heterocycles. The van der Waals surface area contributed by atoms with Gasteiger partial charge in [-0.1, -0.05) is 13.8 Å². The number of nitriles is 1. The van der Waals surface area contributed by atoms with Crippen LogP contribution in [0.4, 0.5) is 0 Å². The SMILES string of the molecule is COC(=O)c1ccc(OC)cc1C(C)(C)CC#N. The third-order valence-corrected chi connectivity index (χ3v) is 2.88. The van der Waals surface area contributed by atoms with Crippen LogP contribution in [0.1, 0.15) is 36.2 Å². The van der Waals surface area contributed by atoms with Crippen molar-refractivity contribution in [1.82, 2.24) is 0 Å². The van der Waals surface area contributed by atoms with Crippen LogP contribution in [-0.4, -0.2) is 20.2 Å². The Morgan fingerprint density at radius 2 is 2.06 bits per heavy atom. The summed E-state index contributed by atoms with van der Waals surface area (Å²) in [5.74, 6) is 0.252. The van der Waals surface area contributed by atoms with Gasteiger partial charge < -0.3 is 9.47 Å². The zero-order valence-corrected chi connectivity index (χ0v) is 11.1. The summed E-state index contributed by atoms with van der Waals surface area (Å²) in [6.45, 7) is 3.83. The van der Waals surface area contributed by atoms with Gasteiger partial charge >= 0.3 is 5.97 Å². The highest BCUT2D eigenvalue weighted by Gasteiger charge is 2.27. The van der Waals surface area contributed by atoms with Gasteiger partial charge in [0.15, 0.2) is 0 Å². The van der Waals surface area contributed by atoms with Crippen LogP contribution in [0.3, 0.4) is 0 Å². The highest BCUT2D eigenvalue weighted by atomic mass is 16.5. The van der Waals surface area contributed by atoms with Crippen LogP contribution in [0.5, 0.6) is 5.75 Å². The van der Waals surface area contributed by atoms with E-state index in [1.807, 2.05) is 13.8 Å². The molecule has 0 saturated carbocycles. The van der Waals surface area contributed by atoms with Crippen molar-refractivity contribution in [2.45, 2.75) is 25.7 Å². The standard InChI is InChI=1S/C14H17NO3/c1-14(2,7-8-15)12-9-10(17-3)5-6-11(12)13(16)18-4/h5-6,9H,7H2,1-4H3. The largest absolute Gasteiger partial charge is 0.497 e. The molecule has 0 bridgehead atoms. The number of hydrogen-bond acceptors (Lipinski definition) is 4. The summed E-state index contributed by atoms with van der Waals surface area (Å²) >= 11 is 0. The second-order valence-corrected chi connectivity index (χ2v) is 4.62. The molecule has 0 saturated heterocycles. The highest BCUT2D eigenvalue weighted by molar-refractivity contribution is 5.91. The quantitative estimate of drug-likeness (QED) is 0.767. The second kappa shape index (κ2) is 5.54.